The number of benzene rings is 1. The van der Waals surface area contributed by atoms with Gasteiger partial charge in [-0.15, -0.1) is 0 Å². The number of hydrogen-bond acceptors (Lipinski definition) is 6. The Bertz CT molecular complexity index is 936. The molecule has 2 aliphatic rings. The van der Waals surface area contributed by atoms with E-state index in [1.807, 2.05) is 24.3 Å². The van der Waals surface area contributed by atoms with Crippen LogP contribution in [0.15, 0.2) is 30.5 Å². The fraction of sp³-hybridized carbons (Fsp3) is 0.615. The van der Waals surface area contributed by atoms with Crippen molar-refractivity contribution in [2.24, 2.45) is 11.8 Å². The van der Waals surface area contributed by atoms with E-state index in [4.69, 9.17) is 4.74 Å². The number of nitrogens with zero attached hydrogens (tertiary/aromatic N) is 2. The van der Waals surface area contributed by atoms with Gasteiger partial charge in [-0.1, -0.05) is 6.42 Å². The number of piperidine rings is 1. The summed E-state index contributed by atoms with van der Waals surface area (Å²) in [6.45, 7) is 2.93. The maximum Gasteiger partial charge on any atom is 0.303 e. The van der Waals surface area contributed by atoms with Gasteiger partial charge in [0.15, 0.2) is 0 Å². The van der Waals surface area contributed by atoms with Crippen LogP contribution in [0.4, 0.5) is 0 Å². The predicted molar refractivity (Wildman–Crippen MR) is 133 cm³/mol. The van der Waals surface area contributed by atoms with Crippen molar-refractivity contribution in [2.75, 3.05) is 32.5 Å². The van der Waals surface area contributed by atoms with E-state index in [9.17, 15) is 15.0 Å². The third-order valence-electron chi connectivity index (χ3n) is 7.38. The molecule has 1 aliphatic carbocycles. The Balaban J connectivity index is 1.35. The van der Waals surface area contributed by atoms with Crippen LogP contribution >= 0.6 is 11.8 Å². The number of aliphatic carboxylic acids is 1. The fourth-order valence-corrected chi connectivity index (χ4v) is 6.54. The minimum atomic E-state index is -0.719. The molecule has 1 aliphatic heterocycles. The lowest BCUT2D eigenvalue weighted by Crippen LogP contribution is -2.42. The van der Waals surface area contributed by atoms with Crippen LogP contribution in [0.2, 0.25) is 0 Å². The quantitative estimate of drug-likeness (QED) is 0.488. The molecule has 2 heterocycles. The van der Waals surface area contributed by atoms with E-state index in [2.05, 4.69) is 21.6 Å². The summed E-state index contributed by atoms with van der Waals surface area (Å²) in [5.41, 5.74) is 1.70. The first-order valence-electron chi connectivity index (χ1n) is 12.2. The van der Waals surface area contributed by atoms with Crippen molar-refractivity contribution in [3.8, 4) is 5.75 Å². The molecule has 1 aromatic heterocycles. The first kappa shape index (κ1) is 24.3. The van der Waals surface area contributed by atoms with Crippen molar-refractivity contribution >= 4 is 28.6 Å². The normalized spacial score (nSPS) is 22.7. The van der Waals surface area contributed by atoms with Gasteiger partial charge in [-0.2, -0.15) is 11.8 Å². The van der Waals surface area contributed by atoms with E-state index in [-0.39, 0.29) is 12.3 Å². The van der Waals surface area contributed by atoms with Crippen molar-refractivity contribution < 1.29 is 19.7 Å². The molecule has 0 unspecified atom stereocenters. The second kappa shape index (κ2) is 11.5. The second-order valence-corrected chi connectivity index (χ2v) is 10.9. The number of aliphatic hydroxyl groups is 1. The molecule has 180 valence electrons. The molecular weight excluding hydrogens is 436 g/mol. The molecule has 4 rings (SSSR count). The number of methoxy groups -OCH3 is 1. The summed E-state index contributed by atoms with van der Waals surface area (Å²) >= 11 is 2.08. The summed E-state index contributed by atoms with van der Waals surface area (Å²) < 4.78 is 5.35. The van der Waals surface area contributed by atoms with Gasteiger partial charge in [-0.05, 0) is 80.3 Å². The highest BCUT2D eigenvalue weighted by molar-refractivity contribution is 7.99. The van der Waals surface area contributed by atoms with Crippen LogP contribution in [0, 0.1) is 11.8 Å². The van der Waals surface area contributed by atoms with Gasteiger partial charge >= 0.3 is 5.97 Å². The summed E-state index contributed by atoms with van der Waals surface area (Å²) in [6.07, 6.45) is 7.88. The third kappa shape index (κ3) is 6.40. The number of rotatable bonds is 11. The van der Waals surface area contributed by atoms with Gasteiger partial charge in [0.2, 0.25) is 0 Å². The number of likely N-dealkylation sites (tertiary alicyclic amines) is 1. The Morgan fingerprint density at radius 2 is 2.12 bits per heavy atom. The lowest BCUT2D eigenvalue weighted by Gasteiger charge is -2.39. The highest BCUT2D eigenvalue weighted by atomic mass is 32.2. The number of ether oxygens (including phenoxy) is 1. The number of aliphatic hydroxyl groups excluding tert-OH is 1. The van der Waals surface area contributed by atoms with E-state index in [0.717, 1.165) is 65.7 Å². The molecule has 1 saturated heterocycles. The molecule has 3 atom stereocenters. The minimum absolute atomic E-state index is 0.145. The lowest BCUT2D eigenvalue weighted by molar-refractivity contribution is -0.139. The van der Waals surface area contributed by atoms with E-state index in [0.29, 0.717) is 12.3 Å². The van der Waals surface area contributed by atoms with E-state index >= 15 is 0 Å². The maximum absolute atomic E-state index is 11.5. The minimum Gasteiger partial charge on any atom is -0.497 e. The number of thioether (sulfide) groups is 1. The zero-order valence-electron chi connectivity index (χ0n) is 19.5. The standard InChI is InChI=1S/C26H36N2O4S/c1-32-20-6-7-24-23(16-20)22(9-11-27-24)25(29)8-5-18-10-12-28(17-19(18)15-26(30)31)13-14-33-21-3-2-4-21/h6-7,9,11,16,18-19,21,25,29H,2-5,8,10,12-15,17H2,1H3,(H,30,31)/t18-,19+,25-/m1/s1. The molecular formula is C26H36N2O4S. The first-order chi connectivity index (χ1) is 16.0. The molecule has 1 aromatic carbocycles. The van der Waals surface area contributed by atoms with Crippen LogP contribution in [0.5, 0.6) is 5.75 Å². The van der Waals surface area contributed by atoms with E-state index in [1.165, 1.54) is 19.3 Å². The van der Waals surface area contributed by atoms with E-state index in [1.54, 1.807) is 13.3 Å². The number of carboxylic acids is 1. The monoisotopic (exact) mass is 472 g/mol. The Morgan fingerprint density at radius 1 is 1.27 bits per heavy atom. The molecule has 0 radical (unpaired) electrons. The van der Waals surface area contributed by atoms with Crippen LogP contribution < -0.4 is 4.74 Å². The fourth-order valence-electron chi connectivity index (χ4n) is 5.17. The van der Waals surface area contributed by atoms with E-state index < -0.39 is 12.1 Å². The largest absolute Gasteiger partial charge is 0.497 e. The molecule has 2 fully saturated rings. The summed E-state index contributed by atoms with van der Waals surface area (Å²) in [6, 6.07) is 7.59. The molecule has 6 nitrogen and oxygen atoms in total. The number of aromatic nitrogens is 1. The summed E-state index contributed by atoms with van der Waals surface area (Å²) in [7, 11) is 1.63. The Kier molecular flexibility index (Phi) is 8.50. The van der Waals surface area contributed by atoms with Crippen molar-refractivity contribution in [2.45, 2.75) is 56.3 Å². The SMILES string of the molecule is COc1ccc2nccc([C@H](O)CC[C@@H]3CCN(CCSC4CCC4)C[C@@H]3CC(=O)O)c2c1. The first-order valence-corrected chi connectivity index (χ1v) is 13.2. The zero-order chi connectivity index (χ0) is 23.2. The van der Waals surface area contributed by atoms with Gasteiger partial charge in [-0.3, -0.25) is 9.78 Å². The Labute approximate surface area is 200 Å². The molecule has 0 bridgehead atoms. The average molecular weight is 473 g/mol. The third-order valence-corrected chi connectivity index (χ3v) is 8.74. The van der Waals surface area contributed by atoms with Crippen molar-refractivity contribution in [3.63, 3.8) is 0 Å². The number of fused-ring (bicyclic) bond motifs is 1. The topological polar surface area (TPSA) is 82.9 Å². The highest BCUT2D eigenvalue weighted by Gasteiger charge is 2.31. The smallest absolute Gasteiger partial charge is 0.303 e. The van der Waals surface area contributed by atoms with Crippen molar-refractivity contribution in [3.05, 3.63) is 36.0 Å². The van der Waals surface area contributed by atoms with Crippen LogP contribution in [0.25, 0.3) is 10.9 Å². The molecule has 2 N–H and O–H groups in total. The number of carbonyl (C=O) groups is 1. The Morgan fingerprint density at radius 3 is 2.85 bits per heavy atom. The zero-order valence-corrected chi connectivity index (χ0v) is 20.3. The van der Waals surface area contributed by atoms with Crippen LogP contribution in [0.1, 0.15) is 56.6 Å². The van der Waals surface area contributed by atoms with Crippen LogP contribution in [-0.4, -0.2) is 63.8 Å². The number of carboxylic acid groups (broad SMARTS) is 1. The van der Waals surface area contributed by atoms with Gasteiger partial charge in [0.05, 0.1) is 18.7 Å². The summed E-state index contributed by atoms with van der Waals surface area (Å²) in [5, 5.41) is 22.3. The molecule has 33 heavy (non-hydrogen) atoms. The molecule has 0 spiro atoms. The number of pyridine rings is 1. The summed E-state index contributed by atoms with van der Waals surface area (Å²) in [4.78, 5) is 18.4. The van der Waals surface area contributed by atoms with Crippen LogP contribution in [-0.2, 0) is 4.79 Å². The molecule has 2 aromatic rings. The molecule has 7 heteroatoms. The van der Waals surface area contributed by atoms with Gasteiger partial charge in [-0.25, -0.2) is 0 Å². The van der Waals surface area contributed by atoms with Gasteiger partial charge in [0.25, 0.3) is 0 Å². The molecule has 1 saturated carbocycles. The second-order valence-electron chi connectivity index (χ2n) is 9.51. The highest BCUT2D eigenvalue weighted by Crippen LogP contribution is 2.35. The van der Waals surface area contributed by atoms with Crippen LogP contribution in [0.3, 0.4) is 0 Å². The number of hydrogen-bond donors (Lipinski definition) is 2. The summed E-state index contributed by atoms with van der Waals surface area (Å²) in [5.74, 6) is 1.64. The van der Waals surface area contributed by atoms with Gasteiger partial charge < -0.3 is 19.8 Å². The lowest BCUT2D eigenvalue weighted by atomic mass is 9.79. The van der Waals surface area contributed by atoms with Crippen molar-refractivity contribution in [1.29, 1.82) is 0 Å². The van der Waals surface area contributed by atoms with Crippen molar-refractivity contribution in [1.82, 2.24) is 9.88 Å². The molecule has 0 amide bonds. The maximum atomic E-state index is 11.5. The predicted octanol–water partition coefficient (Wildman–Crippen LogP) is 4.76. The Hall–Kier alpha value is -1.83. The van der Waals surface area contributed by atoms with Gasteiger partial charge in [0.1, 0.15) is 5.75 Å². The average Bonchev–Trinajstić information content (AvgIpc) is 2.78. The van der Waals surface area contributed by atoms with Gasteiger partial charge in [0, 0.05) is 42.1 Å².